The summed E-state index contributed by atoms with van der Waals surface area (Å²) < 4.78 is 1.87. The van der Waals surface area contributed by atoms with Gasteiger partial charge in [-0.1, -0.05) is 31.9 Å². The molecule has 0 bridgehead atoms. The van der Waals surface area contributed by atoms with Crippen molar-refractivity contribution in [2.45, 2.75) is 50.7 Å². The summed E-state index contributed by atoms with van der Waals surface area (Å²) in [5.41, 5.74) is 4.45. The van der Waals surface area contributed by atoms with Crippen LogP contribution in [0.25, 0.3) is 11.0 Å². The molecule has 0 saturated carbocycles. The molecule has 0 spiro atoms. The number of halogens is 1. The van der Waals surface area contributed by atoms with Gasteiger partial charge in [-0.15, -0.1) is 11.6 Å². The molecule has 1 aliphatic rings. The largest absolute Gasteiger partial charge is 0.317 e. The SMILES string of the molecule is CCCC[C@@H]1[C@H](Cl)C(=O)N1NC(=O)Cn1c(CNC)nc2ccccc21. The van der Waals surface area contributed by atoms with Gasteiger partial charge in [0.2, 0.25) is 0 Å². The van der Waals surface area contributed by atoms with Crippen molar-refractivity contribution in [1.29, 1.82) is 0 Å². The molecule has 0 aliphatic carbocycles. The van der Waals surface area contributed by atoms with Gasteiger partial charge < -0.3 is 9.88 Å². The minimum Gasteiger partial charge on any atom is -0.317 e. The zero-order valence-electron chi connectivity index (χ0n) is 15.0. The van der Waals surface area contributed by atoms with E-state index in [0.717, 1.165) is 36.1 Å². The second kappa shape index (κ2) is 8.05. The van der Waals surface area contributed by atoms with E-state index in [-0.39, 0.29) is 24.4 Å². The molecule has 26 heavy (non-hydrogen) atoms. The van der Waals surface area contributed by atoms with Crippen LogP contribution in [0, 0.1) is 0 Å². The molecule has 8 heteroatoms. The van der Waals surface area contributed by atoms with Crippen LogP contribution in [-0.4, -0.2) is 44.8 Å². The summed E-state index contributed by atoms with van der Waals surface area (Å²) in [6, 6.07) is 7.55. The number of β-lactam (4-membered cyclic amide) rings is 1. The fourth-order valence-corrected chi connectivity index (χ4v) is 3.59. The Labute approximate surface area is 157 Å². The molecule has 140 valence electrons. The van der Waals surface area contributed by atoms with Gasteiger partial charge in [0.1, 0.15) is 17.7 Å². The monoisotopic (exact) mass is 377 g/mol. The Kier molecular flexibility index (Phi) is 5.78. The Morgan fingerprint density at radius 3 is 2.85 bits per heavy atom. The number of rotatable bonds is 8. The number of fused-ring (bicyclic) bond motifs is 1. The number of hydrogen-bond donors (Lipinski definition) is 2. The van der Waals surface area contributed by atoms with E-state index in [1.165, 1.54) is 5.01 Å². The number of hydrazine groups is 1. The van der Waals surface area contributed by atoms with Gasteiger partial charge >= 0.3 is 0 Å². The molecule has 1 fully saturated rings. The van der Waals surface area contributed by atoms with Crippen molar-refractivity contribution in [3.63, 3.8) is 0 Å². The van der Waals surface area contributed by atoms with Crippen LogP contribution in [-0.2, 0) is 22.7 Å². The predicted octanol–water partition coefficient (Wildman–Crippen LogP) is 1.80. The number of unbranched alkanes of at least 4 members (excludes halogenated alkanes) is 1. The van der Waals surface area contributed by atoms with E-state index in [2.05, 4.69) is 22.7 Å². The Hall–Kier alpha value is -2.12. The number of nitrogens with one attached hydrogen (secondary N) is 2. The average molecular weight is 378 g/mol. The Morgan fingerprint density at radius 1 is 1.35 bits per heavy atom. The number of carbonyl (C=O) groups excluding carboxylic acids is 2. The zero-order valence-corrected chi connectivity index (χ0v) is 15.8. The molecule has 2 aromatic rings. The molecule has 1 aromatic carbocycles. The van der Waals surface area contributed by atoms with Crippen LogP contribution >= 0.6 is 11.6 Å². The van der Waals surface area contributed by atoms with Gasteiger partial charge in [0.25, 0.3) is 11.8 Å². The first-order valence-electron chi connectivity index (χ1n) is 8.92. The lowest BCUT2D eigenvalue weighted by atomic mass is 9.98. The minimum atomic E-state index is -0.546. The Bertz CT molecular complexity index is 806. The lowest BCUT2D eigenvalue weighted by Crippen LogP contribution is -2.68. The summed E-state index contributed by atoms with van der Waals surface area (Å²) in [6.07, 6.45) is 2.77. The predicted molar refractivity (Wildman–Crippen MR) is 100 cm³/mol. The molecule has 2 heterocycles. The summed E-state index contributed by atoms with van der Waals surface area (Å²) in [7, 11) is 1.83. The van der Waals surface area contributed by atoms with E-state index < -0.39 is 5.38 Å². The van der Waals surface area contributed by atoms with Crippen LogP contribution in [0.1, 0.15) is 32.0 Å². The van der Waals surface area contributed by atoms with Crippen molar-refractivity contribution in [2.75, 3.05) is 7.05 Å². The van der Waals surface area contributed by atoms with Crippen LogP contribution in [0.4, 0.5) is 0 Å². The molecular weight excluding hydrogens is 354 g/mol. The number of aromatic nitrogens is 2. The standard InChI is InChI=1S/C18H24ClN5O2/c1-3-4-8-14-17(19)18(26)24(14)22-16(25)11-23-13-9-6-5-7-12(13)21-15(23)10-20-2/h5-7,9,14,17,20H,3-4,8,10-11H2,1-2H3,(H,22,25)/t14-,17+/m1/s1. The van der Waals surface area contributed by atoms with Crippen LogP contribution in [0.3, 0.4) is 0 Å². The van der Waals surface area contributed by atoms with Gasteiger partial charge in [-0.3, -0.25) is 15.0 Å². The number of carbonyl (C=O) groups is 2. The Morgan fingerprint density at radius 2 is 2.12 bits per heavy atom. The summed E-state index contributed by atoms with van der Waals surface area (Å²) in [5, 5.41) is 3.90. The highest BCUT2D eigenvalue weighted by atomic mass is 35.5. The van der Waals surface area contributed by atoms with E-state index in [4.69, 9.17) is 11.6 Å². The lowest BCUT2D eigenvalue weighted by Gasteiger charge is -2.43. The van der Waals surface area contributed by atoms with E-state index in [0.29, 0.717) is 6.54 Å². The molecule has 2 atom stereocenters. The molecule has 2 amide bonds. The summed E-state index contributed by atoms with van der Waals surface area (Å²) >= 11 is 6.10. The van der Waals surface area contributed by atoms with E-state index in [1.54, 1.807) is 0 Å². The van der Waals surface area contributed by atoms with Crippen LogP contribution in [0.15, 0.2) is 24.3 Å². The second-order valence-corrected chi connectivity index (χ2v) is 6.96. The Balaban J connectivity index is 1.73. The van der Waals surface area contributed by atoms with E-state index in [9.17, 15) is 9.59 Å². The first-order chi connectivity index (χ1) is 12.6. The van der Waals surface area contributed by atoms with Crippen molar-refractivity contribution < 1.29 is 9.59 Å². The molecular formula is C18H24ClN5O2. The molecule has 1 aliphatic heterocycles. The van der Waals surface area contributed by atoms with Crippen LogP contribution in [0.2, 0.25) is 0 Å². The maximum absolute atomic E-state index is 12.6. The van der Waals surface area contributed by atoms with E-state index in [1.807, 2.05) is 35.9 Å². The highest BCUT2D eigenvalue weighted by Crippen LogP contribution is 2.27. The maximum atomic E-state index is 12.6. The van der Waals surface area contributed by atoms with Crippen molar-refractivity contribution in [3.05, 3.63) is 30.1 Å². The summed E-state index contributed by atoms with van der Waals surface area (Å²) in [5.74, 6) is 0.271. The molecule has 1 saturated heterocycles. The van der Waals surface area contributed by atoms with Gasteiger partial charge in [-0.2, -0.15) is 0 Å². The van der Waals surface area contributed by atoms with Crippen LogP contribution in [0.5, 0.6) is 0 Å². The fourth-order valence-electron chi connectivity index (χ4n) is 3.24. The van der Waals surface area contributed by atoms with Crippen molar-refractivity contribution in [3.8, 4) is 0 Å². The molecule has 0 radical (unpaired) electrons. The number of alkyl halides is 1. The van der Waals surface area contributed by atoms with Gasteiger partial charge in [-0.25, -0.2) is 9.99 Å². The van der Waals surface area contributed by atoms with E-state index >= 15 is 0 Å². The first kappa shape index (κ1) is 18.7. The normalized spacial score (nSPS) is 19.7. The van der Waals surface area contributed by atoms with Crippen molar-refractivity contribution in [2.24, 2.45) is 0 Å². The maximum Gasteiger partial charge on any atom is 0.261 e. The number of benzene rings is 1. The third kappa shape index (κ3) is 3.54. The average Bonchev–Trinajstić information content (AvgIpc) is 2.98. The van der Waals surface area contributed by atoms with Gasteiger partial charge in [0.15, 0.2) is 0 Å². The highest BCUT2D eigenvalue weighted by molar-refractivity contribution is 6.33. The van der Waals surface area contributed by atoms with Gasteiger partial charge in [0.05, 0.1) is 23.6 Å². The van der Waals surface area contributed by atoms with Gasteiger partial charge in [0, 0.05) is 0 Å². The fraction of sp³-hybridized carbons (Fsp3) is 0.500. The number of nitrogens with zero attached hydrogens (tertiary/aromatic N) is 3. The minimum absolute atomic E-state index is 0.0920. The highest BCUT2D eigenvalue weighted by Gasteiger charge is 2.46. The van der Waals surface area contributed by atoms with Crippen LogP contribution < -0.4 is 10.7 Å². The number of imidazole rings is 1. The lowest BCUT2D eigenvalue weighted by molar-refractivity contribution is -0.156. The van der Waals surface area contributed by atoms with Crippen molar-refractivity contribution >= 4 is 34.4 Å². The van der Waals surface area contributed by atoms with Gasteiger partial charge in [-0.05, 0) is 25.6 Å². The molecule has 7 nitrogen and oxygen atoms in total. The molecule has 0 unspecified atom stereocenters. The quantitative estimate of drug-likeness (QED) is 0.543. The zero-order chi connectivity index (χ0) is 18.7. The third-order valence-corrected chi connectivity index (χ3v) is 5.09. The summed E-state index contributed by atoms with van der Waals surface area (Å²) in [6.45, 7) is 2.72. The first-order valence-corrected chi connectivity index (χ1v) is 9.35. The van der Waals surface area contributed by atoms with Crippen molar-refractivity contribution in [1.82, 2.24) is 25.3 Å². The molecule has 3 rings (SSSR count). The molecule has 2 N–H and O–H groups in total. The number of hydrogen-bond acceptors (Lipinski definition) is 4. The number of para-hydroxylation sites is 2. The number of amides is 2. The molecule has 1 aromatic heterocycles. The summed E-state index contributed by atoms with van der Waals surface area (Å²) in [4.78, 5) is 29.1. The third-order valence-electron chi connectivity index (χ3n) is 4.61. The smallest absolute Gasteiger partial charge is 0.261 e. The second-order valence-electron chi connectivity index (χ2n) is 6.49. The topological polar surface area (TPSA) is 79.3 Å².